The Morgan fingerprint density at radius 3 is 2.61 bits per heavy atom. The van der Waals surface area contributed by atoms with Gasteiger partial charge in [0.1, 0.15) is 6.04 Å². The molecule has 4 heterocycles. The number of piperidine rings is 1. The summed E-state index contributed by atoms with van der Waals surface area (Å²) in [6, 6.07) is 9.01. The van der Waals surface area contributed by atoms with Crippen LogP contribution in [0, 0.1) is 5.92 Å². The van der Waals surface area contributed by atoms with E-state index in [0.717, 1.165) is 27.9 Å². The molecule has 3 aromatic rings. The predicted molar refractivity (Wildman–Crippen MR) is 131 cm³/mol. The summed E-state index contributed by atoms with van der Waals surface area (Å²) in [7, 11) is 0. The van der Waals surface area contributed by atoms with Crippen molar-refractivity contribution >= 4 is 32.7 Å². The normalized spacial score (nSPS) is 19.2. The highest BCUT2D eigenvalue weighted by molar-refractivity contribution is 7.21. The number of thiazole rings is 1. The minimum Gasteiger partial charge on any atom is -0.350 e. The first-order valence-electron chi connectivity index (χ1n) is 12.1. The number of rotatable bonds is 6. The second-order valence-electron chi connectivity index (χ2n) is 9.25. The van der Waals surface area contributed by atoms with E-state index in [1.807, 2.05) is 30.3 Å². The van der Waals surface area contributed by atoms with E-state index >= 15 is 0 Å². The van der Waals surface area contributed by atoms with Gasteiger partial charge in [0.15, 0.2) is 15.5 Å². The number of carbonyl (C=O) groups is 1. The molecule has 2 aliphatic heterocycles. The number of benzene rings is 1. The lowest BCUT2D eigenvalue weighted by Gasteiger charge is -2.24. The van der Waals surface area contributed by atoms with Crippen LogP contribution in [-0.2, 0) is 24.1 Å². The molecule has 1 aromatic carbocycles. The number of alkyl halides is 3. The number of fused-ring (bicyclic) bond motifs is 1. The summed E-state index contributed by atoms with van der Waals surface area (Å²) >= 11 is 0.930. The van der Waals surface area contributed by atoms with Crippen LogP contribution in [0.3, 0.4) is 0 Å². The zero-order valence-corrected chi connectivity index (χ0v) is 20.4. The highest BCUT2D eigenvalue weighted by Gasteiger charge is 2.39. The number of carbonyl (C=O) groups excluding carboxylic acids is 1. The van der Waals surface area contributed by atoms with Crippen molar-refractivity contribution in [3.8, 4) is 0 Å². The first-order valence-corrected chi connectivity index (χ1v) is 12.9. The molecular formula is C24H27F3N6O2S. The third kappa shape index (κ3) is 5.10. The molecule has 5 rings (SSSR count). The van der Waals surface area contributed by atoms with E-state index in [4.69, 9.17) is 0 Å². The number of aromatic nitrogens is 3. The molecule has 1 unspecified atom stereocenters. The Labute approximate surface area is 209 Å². The maximum atomic E-state index is 13.9. The van der Waals surface area contributed by atoms with Gasteiger partial charge in [0, 0.05) is 19.6 Å². The van der Waals surface area contributed by atoms with Crippen LogP contribution < -0.4 is 21.1 Å². The minimum absolute atomic E-state index is 0.0423. The van der Waals surface area contributed by atoms with E-state index in [-0.39, 0.29) is 28.7 Å². The van der Waals surface area contributed by atoms with Crippen molar-refractivity contribution in [3.05, 3.63) is 52.1 Å². The van der Waals surface area contributed by atoms with E-state index in [2.05, 4.69) is 20.6 Å². The van der Waals surface area contributed by atoms with Gasteiger partial charge in [-0.25, -0.2) is 9.97 Å². The van der Waals surface area contributed by atoms with Gasteiger partial charge in [-0.15, -0.1) is 0 Å². The predicted octanol–water partition coefficient (Wildman–Crippen LogP) is 3.16. The van der Waals surface area contributed by atoms with Crippen molar-refractivity contribution in [3.63, 3.8) is 0 Å². The fraction of sp³-hybridized carbons (Fsp3) is 0.500. The molecule has 0 radical (unpaired) electrons. The zero-order valence-electron chi connectivity index (χ0n) is 19.6. The molecule has 2 N–H and O–H groups in total. The van der Waals surface area contributed by atoms with Crippen molar-refractivity contribution in [2.45, 2.75) is 51.0 Å². The number of anilines is 1. The monoisotopic (exact) mass is 520 g/mol. The molecule has 192 valence electrons. The second-order valence-corrected chi connectivity index (χ2v) is 10.2. The van der Waals surface area contributed by atoms with Gasteiger partial charge in [-0.05, 0) is 50.3 Å². The topological polar surface area (TPSA) is 92.2 Å². The molecule has 2 aliphatic rings. The smallest absolute Gasteiger partial charge is 0.350 e. The van der Waals surface area contributed by atoms with Gasteiger partial charge in [-0.2, -0.15) is 13.2 Å². The molecule has 0 spiro atoms. The molecular weight excluding hydrogens is 493 g/mol. The molecule has 0 saturated carbocycles. The molecule has 1 atom stereocenters. The maximum absolute atomic E-state index is 13.9. The fourth-order valence-electron chi connectivity index (χ4n) is 4.90. The number of nitrogens with zero attached hydrogens (tertiary/aromatic N) is 4. The van der Waals surface area contributed by atoms with Crippen LogP contribution in [0.25, 0.3) is 10.3 Å². The van der Waals surface area contributed by atoms with Crippen molar-refractivity contribution < 1.29 is 18.0 Å². The Kier molecular flexibility index (Phi) is 6.98. The average molecular weight is 521 g/mol. The summed E-state index contributed by atoms with van der Waals surface area (Å²) < 4.78 is 42.4. The summed E-state index contributed by atoms with van der Waals surface area (Å²) in [6.45, 7) is 2.28. The van der Waals surface area contributed by atoms with Gasteiger partial charge in [-0.1, -0.05) is 41.7 Å². The SMILES string of the molecule is O=C(NCc1ccccc1)C1CCCN1c1nc2c(=O)n(CC3CCNCC3)c(C(F)(F)F)nc2s1. The minimum atomic E-state index is -4.77. The Bertz CT molecular complexity index is 1290. The number of amides is 1. The largest absolute Gasteiger partial charge is 0.449 e. The van der Waals surface area contributed by atoms with E-state index in [9.17, 15) is 22.8 Å². The van der Waals surface area contributed by atoms with Crippen molar-refractivity contribution in [2.75, 3.05) is 24.5 Å². The molecule has 0 aliphatic carbocycles. The zero-order chi connectivity index (χ0) is 25.3. The highest BCUT2D eigenvalue weighted by atomic mass is 32.1. The molecule has 12 heteroatoms. The molecule has 0 bridgehead atoms. The van der Waals surface area contributed by atoms with E-state index < -0.39 is 23.6 Å². The highest BCUT2D eigenvalue weighted by Crippen LogP contribution is 2.34. The molecule has 2 aromatic heterocycles. The Morgan fingerprint density at radius 1 is 1.14 bits per heavy atom. The van der Waals surface area contributed by atoms with Crippen LogP contribution in [0.2, 0.25) is 0 Å². The van der Waals surface area contributed by atoms with Crippen LogP contribution >= 0.6 is 11.3 Å². The van der Waals surface area contributed by atoms with Gasteiger partial charge in [0.2, 0.25) is 11.7 Å². The Morgan fingerprint density at radius 2 is 1.89 bits per heavy atom. The standard InChI is InChI=1S/C24H27F3N6O2S/c25-24(26,27)22-31-20-18(21(35)33(22)14-16-8-10-28-11-9-16)30-23(36-20)32-12-4-7-17(32)19(34)29-13-15-5-2-1-3-6-15/h1-3,5-6,16-17,28H,4,7-14H2,(H,29,34). The van der Waals surface area contributed by atoms with E-state index in [0.29, 0.717) is 50.6 Å². The summed E-state index contributed by atoms with van der Waals surface area (Å²) in [5.74, 6) is -1.41. The second kappa shape index (κ2) is 10.2. The summed E-state index contributed by atoms with van der Waals surface area (Å²) in [6.07, 6.45) is -2.05. The van der Waals surface area contributed by atoms with Gasteiger partial charge in [0.25, 0.3) is 5.56 Å². The number of hydrogen-bond donors (Lipinski definition) is 2. The van der Waals surface area contributed by atoms with Crippen molar-refractivity contribution in [2.24, 2.45) is 5.92 Å². The Hall–Kier alpha value is -2.99. The van der Waals surface area contributed by atoms with Crippen LogP contribution in [-0.4, -0.2) is 46.1 Å². The Balaban J connectivity index is 1.43. The summed E-state index contributed by atoms with van der Waals surface area (Å²) in [5, 5.41) is 6.46. The lowest BCUT2D eigenvalue weighted by atomic mass is 9.98. The van der Waals surface area contributed by atoms with Crippen LogP contribution in [0.5, 0.6) is 0 Å². The van der Waals surface area contributed by atoms with Gasteiger partial charge >= 0.3 is 6.18 Å². The van der Waals surface area contributed by atoms with Crippen LogP contribution in [0.1, 0.15) is 37.1 Å². The number of halogens is 3. The maximum Gasteiger partial charge on any atom is 0.449 e. The average Bonchev–Trinajstić information content (AvgIpc) is 3.52. The van der Waals surface area contributed by atoms with Crippen LogP contribution in [0.4, 0.5) is 18.3 Å². The van der Waals surface area contributed by atoms with Gasteiger partial charge in [0.05, 0.1) is 0 Å². The summed E-state index contributed by atoms with van der Waals surface area (Å²) in [5.41, 5.74) is 0.110. The van der Waals surface area contributed by atoms with Crippen LogP contribution in [0.15, 0.2) is 35.1 Å². The van der Waals surface area contributed by atoms with E-state index in [1.54, 1.807) is 4.90 Å². The molecule has 8 nitrogen and oxygen atoms in total. The fourth-order valence-corrected chi connectivity index (χ4v) is 5.91. The van der Waals surface area contributed by atoms with Gasteiger partial charge in [-0.3, -0.25) is 14.2 Å². The first-order chi connectivity index (χ1) is 17.3. The molecule has 1 amide bonds. The number of nitrogens with one attached hydrogen (secondary N) is 2. The third-order valence-corrected chi connectivity index (χ3v) is 7.76. The lowest BCUT2D eigenvalue weighted by Crippen LogP contribution is -2.43. The molecule has 36 heavy (non-hydrogen) atoms. The molecule has 2 fully saturated rings. The third-order valence-electron chi connectivity index (χ3n) is 6.77. The quantitative estimate of drug-likeness (QED) is 0.519. The van der Waals surface area contributed by atoms with Crippen molar-refractivity contribution in [1.29, 1.82) is 0 Å². The lowest BCUT2D eigenvalue weighted by molar-refractivity contribution is -0.148. The first kappa shape index (κ1) is 24.7. The van der Waals surface area contributed by atoms with Crippen molar-refractivity contribution in [1.82, 2.24) is 25.2 Å². The number of hydrogen-bond acceptors (Lipinski definition) is 7. The van der Waals surface area contributed by atoms with E-state index in [1.165, 1.54) is 0 Å². The van der Waals surface area contributed by atoms with Gasteiger partial charge < -0.3 is 15.5 Å². The molecule has 2 saturated heterocycles. The summed E-state index contributed by atoms with van der Waals surface area (Å²) in [4.78, 5) is 36.2.